The summed E-state index contributed by atoms with van der Waals surface area (Å²) < 4.78 is 1.27. The fourth-order valence-electron chi connectivity index (χ4n) is 1.13. The summed E-state index contributed by atoms with van der Waals surface area (Å²) in [4.78, 5) is 0. The molecule has 100 valence electrons. The molecule has 1 N–H and O–H groups in total. The zero-order valence-electron chi connectivity index (χ0n) is 11.6. The SMILES string of the molecule is CCCSC(=S)SC(C)(C)C/C=C/C(C)NC. The molecule has 1 nitrogen and oxygen atoms in total. The maximum atomic E-state index is 5.38. The number of hydrogen-bond donors (Lipinski definition) is 1. The summed E-state index contributed by atoms with van der Waals surface area (Å²) in [5, 5.41) is 3.20. The molecule has 0 radical (unpaired) electrons. The molecule has 0 saturated carbocycles. The normalized spacial score (nSPS) is 14.2. The molecule has 0 rings (SSSR count). The van der Waals surface area contributed by atoms with Crippen LogP contribution in [0.4, 0.5) is 0 Å². The molecule has 1 atom stereocenters. The molecule has 0 bridgehead atoms. The number of likely N-dealkylation sites (N-methyl/N-ethyl adjacent to an activating group) is 1. The third kappa shape index (κ3) is 10.1. The van der Waals surface area contributed by atoms with Crippen LogP contribution in [0.3, 0.4) is 0 Å². The average molecular weight is 292 g/mol. The Hall–Kier alpha value is 0.490. The molecule has 1 unspecified atom stereocenters. The summed E-state index contributed by atoms with van der Waals surface area (Å²) in [6.45, 7) is 8.85. The largest absolute Gasteiger partial charge is 0.314 e. The molecule has 0 aromatic rings. The number of hydrogen-bond acceptors (Lipinski definition) is 4. The van der Waals surface area contributed by atoms with Gasteiger partial charge in [-0.05, 0) is 32.6 Å². The smallest absolute Gasteiger partial charge is 0.104 e. The number of thiocarbonyl (C=S) groups is 1. The zero-order chi connectivity index (χ0) is 13.3. The topological polar surface area (TPSA) is 12.0 Å². The van der Waals surface area contributed by atoms with Gasteiger partial charge >= 0.3 is 0 Å². The van der Waals surface area contributed by atoms with Crippen LogP contribution in [0.25, 0.3) is 0 Å². The highest BCUT2D eigenvalue weighted by molar-refractivity contribution is 8.47. The summed E-state index contributed by atoms with van der Waals surface area (Å²) in [6, 6.07) is 0.442. The molecule has 0 aliphatic carbocycles. The standard InChI is InChI=1S/C13H25NS3/c1-6-10-16-12(15)17-13(3,4)9-7-8-11(2)14-5/h7-8,11,14H,6,9-10H2,1-5H3/b8-7+. The van der Waals surface area contributed by atoms with Crippen LogP contribution < -0.4 is 5.32 Å². The number of nitrogens with one attached hydrogen (secondary N) is 1. The van der Waals surface area contributed by atoms with Gasteiger partial charge in [-0.15, -0.1) is 23.5 Å². The molecule has 0 aliphatic heterocycles. The van der Waals surface area contributed by atoms with E-state index in [1.165, 1.54) is 6.42 Å². The van der Waals surface area contributed by atoms with E-state index >= 15 is 0 Å². The van der Waals surface area contributed by atoms with E-state index < -0.39 is 0 Å². The second-order valence-electron chi connectivity index (χ2n) is 4.67. The van der Waals surface area contributed by atoms with Gasteiger partial charge in [0.2, 0.25) is 0 Å². The summed E-state index contributed by atoms with van der Waals surface area (Å²) in [5.74, 6) is 1.13. The van der Waals surface area contributed by atoms with Crippen LogP contribution in [0.1, 0.15) is 40.5 Å². The fraction of sp³-hybridized carbons (Fsp3) is 0.769. The van der Waals surface area contributed by atoms with Gasteiger partial charge in [0, 0.05) is 10.8 Å². The fourth-order valence-corrected chi connectivity index (χ4v) is 4.23. The summed E-state index contributed by atoms with van der Waals surface area (Å²) in [7, 11) is 1.98. The number of rotatable bonds is 7. The Morgan fingerprint density at radius 3 is 2.65 bits per heavy atom. The van der Waals surface area contributed by atoms with Crippen molar-refractivity contribution in [2.75, 3.05) is 12.8 Å². The molecule has 0 fully saturated rings. The average Bonchev–Trinajstić information content (AvgIpc) is 2.25. The lowest BCUT2D eigenvalue weighted by molar-refractivity contribution is 0.703. The van der Waals surface area contributed by atoms with Crippen molar-refractivity contribution in [3.8, 4) is 0 Å². The van der Waals surface area contributed by atoms with E-state index in [1.807, 2.05) is 18.8 Å². The van der Waals surface area contributed by atoms with E-state index in [1.54, 1.807) is 11.8 Å². The predicted molar refractivity (Wildman–Crippen MR) is 89.3 cm³/mol. The molecule has 0 aromatic heterocycles. The monoisotopic (exact) mass is 291 g/mol. The van der Waals surface area contributed by atoms with E-state index in [2.05, 4.69) is 45.2 Å². The summed E-state index contributed by atoms with van der Waals surface area (Å²) in [6.07, 6.45) is 6.70. The van der Waals surface area contributed by atoms with Crippen molar-refractivity contribution in [3.05, 3.63) is 12.2 Å². The Morgan fingerprint density at radius 2 is 2.12 bits per heavy atom. The van der Waals surface area contributed by atoms with Gasteiger partial charge in [0.15, 0.2) is 0 Å². The highest BCUT2D eigenvalue weighted by Crippen LogP contribution is 2.33. The van der Waals surface area contributed by atoms with Gasteiger partial charge in [-0.3, -0.25) is 0 Å². The lowest BCUT2D eigenvalue weighted by atomic mass is 10.1. The molecule has 0 amide bonds. The predicted octanol–water partition coefficient (Wildman–Crippen LogP) is 4.48. The minimum atomic E-state index is 0.196. The highest BCUT2D eigenvalue weighted by Gasteiger charge is 2.19. The lowest BCUT2D eigenvalue weighted by Gasteiger charge is -2.22. The Balaban J connectivity index is 4.02. The molecule has 0 heterocycles. The molecule has 0 spiro atoms. The molecular weight excluding hydrogens is 266 g/mol. The lowest BCUT2D eigenvalue weighted by Crippen LogP contribution is -2.19. The quantitative estimate of drug-likeness (QED) is 0.548. The Kier molecular flexibility index (Phi) is 9.70. The molecule has 4 heteroatoms. The van der Waals surface area contributed by atoms with Crippen molar-refractivity contribution >= 4 is 39.3 Å². The van der Waals surface area contributed by atoms with Crippen molar-refractivity contribution in [2.24, 2.45) is 0 Å². The highest BCUT2D eigenvalue weighted by atomic mass is 32.2. The van der Waals surface area contributed by atoms with Gasteiger partial charge in [-0.1, -0.05) is 45.1 Å². The Labute approximate surface area is 121 Å². The van der Waals surface area contributed by atoms with Crippen molar-refractivity contribution in [2.45, 2.75) is 51.3 Å². The van der Waals surface area contributed by atoms with Gasteiger partial charge in [0.1, 0.15) is 3.53 Å². The van der Waals surface area contributed by atoms with Crippen molar-refractivity contribution in [3.63, 3.8) is 0 Å². The van der Waals surface area contributed by atoms with Crippen molar-refractivity contribution in [1.82, 2.24) is 5.32 Å². The molecular formula is C13H25NS3. The minimum Gasteiger partial charge on any atom is -0.314 e. The van der Waals surface area contributed by atoms with Gasteiger partial charge in [-0.2, -0.15) is 0 Å². The van der Waals surface area contributed by atoms with Crippen LogP contribution >= 0.6 is 35.7 Å². The van der Waals surface area contributed by atoms with Crippen molar-refractivity contribution < 1.29 is 0 Å². The first-order valence-electron chi connectivity index (χ1n) is 6.11. The van der Waals surface area contributed by atoms with Crippen LogP contribution in [0.2, 0.25) is 0 Å². The summed E-state index contributed by atoms with van der Waals surface area (Å²) >= 11 is 9.01. The maximum Gasteiger partial charge on any atom is 0.104 e. The second-order valence-corrected chi connectivity index (χ2v) is 8.68. The van der Waals surface area contributed by atoms with Crippen LogP contribution in [0, 0.1) is 0 Å². The van der Waals surface area contributed by atoms with Crippen molar-refractivity contribution in [1.29, 1.82) is 0 Å². The maximum absolute atomic E-state index is 5.38. The van der Waals surface area contributed by atoms with E-state index in [4.69, 9.17) is 12.2 Å². The van der Waals surface area contributed by atoms with E-state index in [-0.39, 0.29) is 4.75 Å². The zero-order valence-corrected chi connectivity index (χ0v) is 14.0. The second kappa shape index (κ2) is 9.42. The third-order valence-corrected chi connectivity index (χ3v) is 5.21. The van der Waals surface area contributed by atoms with Gasteiger partial charge in [-0.25, -0.2) is 0 Å². The molecule has 0 aromatic carbocycles. The van der Waals surface area contributed by atoms with Crippen LogP contribution in [0.15, 0.2) is 12.2 Å². The number of allylic oxidation sites excluding steroid dienone is 1. The molecule has 0 aliphatic rings. The van der Waals surface area contributed by atoms with E-state index in [0.717, 1.165) is 15.7 Å². The number of thioether (sulfide) groups is 2. The van der Waals surface area contributed by atoms with E-state index in [0.29, 0.717) is 6.04 Å². The van der Waals surface area contributed by atoms with Crippen LogP contribution in [0.5, 0.6) is 0 Å². The first-order valence-corrected chi connectivity index (χ1v) is 8.32. The van der Waals surface area contributed by atoms with Gasteiger partial charge < -0.3 is 5.32 Å². The van der Waals surface area contributed by atoms with E-state index in [9.17, 15) is 0 Å². The van der Waals surface area contributed by atoms with Crippen LogP contribution in [-0.4, -0.2) is 27.1 Å². The Morgan fingerprint density at radius 1 is 1.47 bits per heavy atom. The van der Waals surface area contributed by atoms with Crippen LogP contribution in [-0.2, 0) is 0 Å². The van der Waals surface area contributed by atoms with Gasteiger partial charge in [0.25, 0.3) is 0 Å². The molecule has 17 heavy (non-hydrogen) atoms. The Bertz CT molecular complexity index is 249. The third-order valence-electron chi connectivity index (χ3n) is 2.27. The first-order chi connectivity index (χ1) is 7.91. The first kappa shape index (κ1) is 17.5. The van der Waals surface area contributed by atoms with Gasteiger partial charge in [0.05, 0.1) is 0 Å². The minimum absolute atomic E-state index is 0.196. The molecule has 0 saturated heterocycles. The summed E-state index contributed by atoms with van der Waals surface area (Å²) in [5.41, 5.74) is 0.